The van der Waals surface area contributed by atoms with E-state index in [9.17, 15) is 0 Å². The summed E-state index contributed by atoms with van der Waals surface area (Å²) in [6.45, 7) is 9.32. The molecule has 1 aromatic carbocycles. The molecule has 0 aliphatic heterocycles. The predicted octanol–water partition coefficient (Wildman–Crippen LogP) is 3.40. The molecule has 0 amide bonds. The van der Waals surface area contributed by atoms with Gasteiger partial charge in [-0.25, -0.2) is 0 Å². The van der Waals surface area contributed by atoms with Crippen molar-refractivity contribution >= 4 is 0 Å². The van der Waals surface area contributed by atoms with Crippen LogP contribution in [0.1, 0.15) is 39.7 Å². The quantitative estimate of drug-likeness (QED) is 0.857. The van der Waals surface area contributed by atoms with Crippen molar-refractivity contribution < 1.29 is 9.47 Å². The average Bonchev–Trinajstić information content (AvgIpc) is 2.28. The molecule has 0 heterocycles. The van der Waals surface area contributed by atoms with Crippen LogP contribution in [0.4, 0.5) is 0 Å². The summed E-state index contributed by atoms with van der Waals surface area (Å²) in [5, 5.41) is 0. The van der Waals surface area contributed by atoms with Crippen molar-refractivity contribution in [2.75, 3.05) is 13.7 Å². The highest BCUT2D eigenvalue weighted by Gasteiger charge is 2.14. The van der Waals surface area contributed by atoms with Crippen molar-refractivity contribution in [3.8, 4) is 11.5 Å². The fourth-order valence-electron chi connectivity index (χ4n) is 1.85. The van der Waals surface area contributed by atoms with Gasteiger partial charge in [0.15, 0.2) is 11.5 Å². The summed E-state index contributed by atoms with van der Waals surface area (Å²) >= 11 is 0. The smallest absolute Gasteiger partial charge is 0.164 e. The van der Waals surface area contributed by atoms with Crippen LogP contribution in [-0.4, -0.2) is 19.8 Å². The Morgan fingerprint density at radius 3 is 2.47 bits per heavy atom. The number of ether oxygens (including phenoxy) is 2. The second-order valence-corrected chi connectivity index (χ2v) is 6.29. The number of nitrogens with two attached hydrogens (primary N) is 1. The van der Waals surface area contributed by atoms with E-state index in [2.05, 4.69) is 26.8 Å². The van der Waals surface area contributed by atoms with Crippen molar-refractivity contribution in [2.45, 2.75) is 46.6 Å². The second-order valence-electron chi connectivity index (χ2n) is 6.29. The number of hydrogen-bond donors (Lipinski definition) is 1. The minimum absolute atomic E-state index is 0.108. The molecule has 108 valence electrons. The fraction of sp³-hybridized carbons (Fsp3) is 0.625. The third kappa shape index (κ3) is 5.52. The van der Waals surface area contributed by atoms with Crippen molar-refractivity contribution in [3.63, 3.8) is 0 Å². The van der Waals surface area contributed by atoms with Crippen molar-refractivity contribution in [1.82, 2.24) is 0 Å². The Morgan fingerprint density at radius 1 is 1.26 bits per heavy atom. The zero-order chi connectivity index (χ0) is 14.5. The van der Waals surface area contributed by atoms with Gasteiger partial charge < -0.3 is 15.2 Å². The summed E-state index contributed by atoms with van der Waals surface area (Å²) in [7, 11) is 1.67. The lowest BCUT2D eigenvalue weighted by Gasteiger charge is -2.20. The number of hydrogen-bond acceptors (Lipinski definition) is 3. The SMILES string of the molecule is COc1cccc(CC(C)N)c1OCCC(C)(C)C. The van der Waals surface area contributed by atoms with Crippen LogP contribution in [-0.2, 0) is 6.42 Å². The first kappa shape index (κ1) is 15.8. The molecule has 0 radical (unpaired) electrons. The third-order valence-electron chi connectivity index (χ3n) is 2.92. The molecule has 1 atom stereocenters. The zero-order valence-electron chi connectivity index (χ0n) is 12.8. The van der Waals surface area contributed by atoms with E-state index < -0.39 is 0 Å². The Labute approximate surface area is 117 Å². The molecule has 0 saturated carbocycles. The van der Waals surface area contributed by atoms with E-state index in [1.807, 2.05) is 19.1 Å². The van der Waals surface area contributed by atoms with Crippen LogP contribution in [0.25, 0.3) is 0 Å². The standard InChI is InChI=1S/C16H27NO2/c1-12(17)11-13-7-6-8-14(18-5)15(13)19-10-9-16(2,3)4/h6-8,12H,9-11,17H2,1-5H3. The number of benzene rings is 1. The summed E-state index contributed by atoms with van der Waals surface area (Å²) in [5.74, 6) is 1.62. The first-order valence-electron chi connectivity index (χ1n) is 6.88. The van der Waals surface area contributed by atoms with Gasteiger partial charge in [-0.1, -0.05) is 32.9 Å². The Kier molecular flexibility index (Phi) is 5.67. The maximum absolute atomic E-state index is 5.96. The van der Waals surface area contributed by atoms with Crippen molar-refractivity contribution in [2.24, 2.45) is 11.1 Å². The lowest BCUT2D eigenvalue weighted by Crippen LogP contribution is -2.19. The molecule has 0 saturated heterocycles. The van der Waals surface area contributed by atoms with Gasteiger partial charge in [-0.3, -0.25) is 0 Å². The minimum atomic E-state index is 0.108. The highest BCUT2D eigenvalue weighted by Crippen LogP contribution is 2.32. The molecular formula is C16H27NO2. The molecule has 0 bridgehead atoms. The van der Waals surface area contributed by atoms with Crippen LogP contribution in [0.2, 0.25) is 0 Å². The van der Waals surface area contributed by atoms with E-state index in [0.717, 1.165) is 29.9 Å². The van der Waals surface area contributed by atoms with Crippen LogP contribution >= 0.6 is 0 Å². The van der Waals surface area contributed by atoms with Gasteiger partial charge in [0, 0.05) is 6.04 Å². The Balaban J connectivity index is 2.83. The predicted molar refractivity (Wildman–Crippen MR) is 79.9 cm³/mol. The molecule has 0 fully saturated rings. The van der Waals surface area contributed by atoms with Crippen LogP contribution in [0.5, 0.6) is 11.5 Å². The summed E-state index contributed by atoms with van der Waals surface area (Å²) < 4.78 is 11.3. The van der Waals surface area contributed by atoms with E-state index in [0.29, 0.717) is 6.61 Å². The highest BCUT2D eigenvalue weighted by molar-refractivity contribution is 5.47. The summed E-state index contributed by atoms with van der Waals surface area (Å²) in [4.78, 5) is 0. The first-order chi connectivity index (χ1) is 8.83. The molecular weight excluding hydrogens is 238 g/mol. The number of para-hydroxylation sites is 1. The molecule has 0 aromatic heterocycles. The molecule has 0 aliphatic rings. The summed E-state index contributed by atoms with van der Waals surface area (Å²) in [5.41, 5.74) is 7.27. The molecule has 1 rings (SSSR count). The minimum Gasteiger partial charge on any atom is -0.493 e. The Bertz CT molecular complexity index is 394. The third-order valence-corrected chi connectivity index (χ3v) is 2.92. The van der Waals surface area contributed by atoms with Crippen molar-refractivity contribution in [1.29, 1.82) is 0 Å². The molecule has 0 aliphatic carbocycles. The Hall–Kier alpha value is -1.22. The monoisotopic (exact) mass is 265 g/mol. The summed E-state index contributed by atoms with van der Waals surface area (Å²) in [6, 6.07) is 6.07. The number of methoxy groups -OCH3 is 1. The molecule has 0 spiro atoms. The van der Waals surface area contributed by atoms with Crippen LogP contribution in [0, 0.1) is 5.41 Å². The van der Waals surface area contributed by atoms with Gasteiger partial charge in [-0.05, 0) is 36.8 Å². The first-order valence-corrected chi connectivity index (χ1v) is 6.88. The zero-order valence-corrected chi connectivity index (χ0v) is 12.8. The second kappa shape index (κ2) is 6.80. The van der Waals surface area contributed by atoms with Gasteiger partial charge >= 0.3 is 0 Å². The summed E-state index contributed by atoms with van der Waals surface area (Å²) in [6.07, 6.45) is 1.80. The topological polar surface area (TPSA) is 44.5 Å². The molecule has 19 heavy (non-hydrogen) atoms. The van der Waals surface area contributed by atoms with Gasteiger partial charge in [-0.2, -0.15) is 0 Å². The average molecular weight is 265 g/mol. The van der Waals surface area contributed by atoms with E-state index in [1.165, 1.54) is 0 Å². The molecule has 3 heteroatoms. The maximum Gasteiger partial charge on any atom is 0.164 e. The van der Waals surface area contributed by atoms with Crippen LogP contribution in [0.3, 0.4) is 0 Å². The van der Waals surface area contributed by atoms with E-state index >= 15 is 0 Å². The maximum atomic E-state index is 5.96. The normalized spacial score (nSPS) is 13.2. The highest BCUT2D eigenvalue weighted by atomic mass is 16.5. The van der Waals surface area contributed by atoms with Crippen LogP contribution in [0.15, 0.2) is 18.2 Å². The molecule has 2 N–H and O–H groups in total. The number of rotatable bonds is 6. The largest absolute Gasteiger partial charge is 0.493 e. The van der Waals surface area contributed by atoms with Gasteiger partial charge in [0.2, 0.25) is 0 Å². The van der Waals surface area contributed by atoms with Gasteiger partial charge in [0.1, 0.15) is 0 Å². The lowest BCUT2D eigenvalue weighted by atomic mass is 9.93. The molecule has 3 nitrogen and oxygen atoms in total. The van der Waals surface area contributed by atoms with E-state index in [4.69, 9.17) is 15.2 Å². The molecule has 1 unspecified atom stereocenters. The van der Waals surface area contributed by atoms with E-state index in [-0.39, 0.29) is 11.5 Å². The van der Waals surface area contributed by atoms with Crippen LogP contribution < -0.4 is 15.2 Å². The molecule has 1 aromatic rings. The fourth-order valence-corrected chi connectivity index (χ4v) is 1.85. The van der Waals surface area contributed by atoms with Gasteiger partial charge in [0.05, 0.1) is 13.7 Å². The van der Waals surface area contributed by atoms with E-state index in [1.54, 1.807) is 7.11 Å². The van der Waals surface area contributed by atoms with Gasteiger partial charge in [0.25, 0.3) is 0 Å². The van der Waals surface area contributed by atoms with Gasteiger partial charge in [-0.15, -0.1) is 0 Å². The Morgan fingerprint density at radius 2 is 1.95 bits per heavy atom. The van der Waals surface area contributed by atoms with Crippen molar-refractivity contribution in [3.05, 3.63) is 23.8 Å². The lowest BCUT2D eigenvalue weighted by molar-refractivity contribution is 0.232.